The Labute approximate surface area is 96.6 Å². The summed E-state index contributed by atoms with van der Waals surface area (Å²) in [6, 6.07) is 10.3. The van der Waals surface area contributed by atoms with E-state index in [1.807, 2.05) is 31.2 Å². The van der Waals surface area contributed by atoms with E-state index in [1.165, 1.54) is 5.56 Å². The van der Waals surface area contributed by atoms with Crippen molar-refractivity contribution in [2.75, 3.05) is 0 Å². The minimum atomic E-state index is -0.159. The van der Waals surface area contributed by atoms with E-state index in [0.717, 1.165) is 11.3 Å². The Hall–Kier alpha value is -1.54. The Morgan fingerprint density at radius 1 is 1.19 bits per heavy atom. The van der Waals surface area contributed by atoms with Crippen molar-refractivity contribution < 1.29 is 0 Å². The highest BCUT2D eigenvalue weighted by Crippen LogP contribution is 2.35. The molecule has 0 amide bonds. The van der Waals surface area contributed by atoms with E-state index in [0.29, 0.717) is 0 Å². The Morgan fingerprint density at radius 2 is 1.81 bits per heavy atom. The van der Waals surface area contributed by atoms with E-state index in [9.17, 15) is 0 Å². The van der Waals surface area contributed by atoms with Gasteiger partial charge in [0.15, 0.2) is 0 Å². The molecule has 2 heteroatoms. The fourth-order valence-corrected chi connectivity index (χ4v) is 2.20. The Morgan fingerprint density at radius 3 is 2.44 bits per heavy atom. The molecule has 84 valence electrons. The van der Waals surface area contributed by atoms with Crippen LogP contribution >= 0.6 is 0 Å². The highest BCUT2D eigenvalue weighted by molar-refractivity contribution is 5.44. The third-order valence-electron chi connectivity index (χ3n) is 3.57. The van der Waals surface area contributed by atoms with Crippen molar-refractivity contribution in [2.24, 2.45) is 11.5 Å². The van der Waals surface area contributed by atoms with Gasteiger partial charge in [-0.25, -0.2) is 0 Å². The van der Waals surface area contributed by atoms with Gasteiger partial charge < -0.3 is 11.5 Å². The first-order valence-corrected chi connectivity index (χ1v) is 5.52. The first-order valence-electron chi connectivity index (χ1n) is 5.52. The van der Waals surface area contributed by atoms with Gasteiger partial charge in [-0.05, 0) is 24.1 Å². The van der Waals surface area contributed by atoms with Gasteiger partial charge in [0.05, 0.1) is 0 Å². The molecule has 1 aromatic rings. The van der Waals surface area contributed by atoms with Crippen molar-refractivity contribution in [3.63, 3.8) is 0 Å². The van der Waals surface area contributed by atoms with Crippen molar-refractivity contribution >= 4 is 0 Å². The largest absolute Gasteiger partial charge is 0.399 e. The third-order valence-corrected chi connectivity index (χ3v) is 3.57. The first-order chi connectivity index (χ1) is 7.55. The zero-order chi connectivity index (χ0) is 11.8. The van der Waals surface area contributed by atoms with Crippen molar-refractivity contribution in [1.82, 2.24) is 0 Å². The van der Waals surface area contributed by atoms with Crippen molar-refractivity contribution in [1.29, 1.82) is 0 Å². The van der Waals surface area contributed by atoms with Gasteiger partial charge in [-0.1, -0.05) is 43.3 Å². The van der Waals surface area contributed by atoms with Crippen LogP contribution in [-0.2, 0) is 5.41 Å². The molecule has 2 atom stereocenters. The zero-order valence-electron chi connectivity index (χ0n) is 9.77. The van der Waals surface area contributed by atoms with E-state index in [-0.39, 0.29) is 11.5 Å². The van der Waals surface area contributed by atoms with Crippen molar-refractivity contribution in [3.05, 3.63) is 59.3 Å². The van der Waals surface area contributed by atoms with Gasteiger partial charge in [0.25, 0.3) is 0 Å². The lowest BCUT2D eigenvalue weighted by atomic mass is 9.71. The number of hydrogen-bond acceptors (Lipinski definition) is 2. The number of allylic oxidation sites excluding steroid dienone is 1. The second-order valence-electron chi connectivity index (χ2n) is 4.60. The fourth-order valence-electron chi connectivity index (χ4n) is 2.20. The minimum absolute atomic E-state index is 0.0556. The molecule has 0 saturated carbocycles. The standard InChI is InChI=1S/C14H18N2/c1-10-12(15)8-9-14(2,13(10)16)11-6-4-3-5-7-11/h3-9,13H,15-16H2,1-2H3. The second-order valence-corrected chi connectivity index (χ2v) is 4.60. The number of nitrogens with two attached hydrogens (primary N) is 2. The molecule has 16 heavy (non-hydrogen) atoms. The van der Waals surface area contributed by atoms with Crippen LogP contribution in [0.5, 0.6) is 0 Å². The average molecular weight is 214 g/mol. The van der Waals surface area contributed by atoms with Crippen LogP contribution in [0.2, 0.25) is 0 Å². The Kier molecular flexibility index (Phi) is 2.60. The lowest BCUT2D eigenvalue weighted by molar-refractivity contribution is 0.495. The van der Waals surface area contributed by atoms with Crippen LogP contribution in [0.4, 0.5) is 0 Å². The predicted octanol–water partition coefficient (Wildman–Crippen LogP) is 2.07. The monoisotopic (exact) mass is 214 g/mol. The van der Waals surface area contributed by atoms with E-state index in [4.69, 9.17) is 11.5 Å². The maximum Gasteiger partial charge on any atom is 0.0405 e. The molecule has 1 aromatic carbocycles. The molecule has 2 unspecified atom stereocenters. The van der Waals surface area contributed by atoms with Crippen molar-refractivity contribution in [2.45, 2.75) is 25.3 Å². The highest BCUT2D eigenvalue weighted by Gasteiger charge is 2.34. The lowest BCUT2D eigenvalue weighted by Crippen LogP contribution is -2.45. The molecule has 0 spiro atoms. The summed E-state index contributed by atoms with van der Waals surface area (Å²) >= 11 is 0. The van der Waals surface area contributed by atoms with Gasteiger partial charge in [0, 0.05) is 17.2 Å². The van der Waals surface area contributed by atoms with Gasteiger partial charge in [-0.3, -0.25) is 0 Å². The number of rotatable bonds is 1. The molecule has 1 aliphatic rings. The summed E-state index contributed by atoms with van der Waals surface area (Å²) in [5.41, 5.74) is 15.1. The van der Waals surface area contributed by atoms with Gasteiger partial charge in [0.2, 0.25) is 0 Å². The smallest absolute Gasteiger partial charge is 0.0405 e. The summed E-state index contributed by atoms with van der Waals surface area (Å²) in [6.07, 6.45) is 4.07. The summed E-state index contributed by atoms with van der Waals surface area (Å²) in [4.78, 5) is 0. The van der Waals surface area contributed by atoms with Crippen LogP contribution in [0.1, 0.15) is 19.4 Å². The summed E-state index contributed by atoms with van der Waals surface area (Å²) < 4.78 is 0. The Bertz CT molecular complexity index is 445. The van der Waals surface area contributed by atoms with Gasteiger partial charge in [-0.15, -0.1) is 0 Å². The maximum atomic E-state index is 6.29. The molecule has 0 fully saturated rings. The number of hydrogen-bond donors (Lipinski definition) is 2. The average Bonchev–Trinajstić information content (AvgIpc) is 2.33. The fraction of sp³-hybridized carbons (Fsp3) is 0.286. The molecule has 1 aliphatic carbocycles. The normalized spacial score (nSPS) is 29.6. The second kappa shape index (κ2) is 3.80. The molecular formula is C14H18N2. The van der Waals surface area contributed by atoms with Gasteiger partial charge in [0.1, 0.15) is 0 Å². The van der Waals surface area contributed by atoms with E-state index in [1.54, 1.807) is 0 Å². The highest BCUT2D eigenvalue weighted by atomic mass is 14.7. The van der Waals surface area contributed by atoms with E-state index in [2.05, 4.69) is 25.1 Å². The molecular weight excluding hydrogens is 196 g/mol. The SMILES string of the molecule is CC1=C(N)C=CC(C)(c2ccccc2)C1N. The predicted molar refractivity (Wildman–Crippen MR) is 67.8 cm³/mol. The van der Waals surface area contributed by atoms with E-state index >= 15 is 0 Å². The van der Waals surface area contributed by atoms with Crippen molar-refractivity contribution in [3.8, 4) is 0 Å². The van der Waals surface area contributed by atoms with Crippen LogP contribution in [0.25, 0.3) is 0 Å². The summed E-state index contributed by atoms with van der Waals surface area (Å²) in [5, 5.41) is 0. The Balaban J connectivity index is 2.47. The molecule has 0 saturated heterocycles. The third kappa shape index (κ3) is 1.55. The topological polar surface area (TPSA) is 52.0 Å². The lowest BCUT2D eigenvalue weighted by Gasteiger charge is -2.37. The van der Waals surface area contributed by atoms with E-state index < -0.39 is 0 Å². The molecule has 0 heterocycles. The van der Waals surface area contributed by atoms with Crippen LogP contribution in [-0.4, -0.2) is 6.04 Å². The number of benzene rings is 1. The summed E-state index contributed by atoms with van der Waals surface area (Å²) in [6.45, 7) is 4.16. The summed E-state index contributed by atoms with van der Waals surface area (Å²) in [7, 11) is 0. The van der Waals surface area contributed by atoms with Crippen LogP contribution < -0.4 is 11.5 Å². The first kappa shape index (κ1) is 11.0. The molecule has 0 bridgehead atoms. The zero-order valence-corrected chi connectivity index (χ0v) is 9.77. The quantitative estimate of drug-likeness (QED) is 0.752. The van der Waals surface area contributed by atoms with Gasteiger partial charge in [-0.2, -0.15) is 0 Å². The molecule has 4 N–H and O–H groups in total. The molecule has 0 aliphatic heterocycles. The minimum Gasteiger partial charge on any atom is -0.399 e. The maximum absolute atomic E-state index is 6.29. The molecule has 0 radical (unpaired) electrons. The van der Waals surface area contributed by atoms with Crippen LogP contribution in [0.15, 0.2) is 53.8 Å². The molecule has 2 rings (SSSR count). The molecule has 0 aromatic heterocycles. The van der Waals surface area contributed by atoms with Crippen LogP contribution in [0.3, 0.4) is 0 Å². The summed E-state index contributed by atoms with van der Waals surface area (Å²) in [5.74, 6) is 0. The van der Waals surface area contributed by atoms with Crippen LogP contribution in [0, 0.1) is 0 Å². The van der Waals surface area contributed by atoms with Gasteiger partial charge >= 0.3 is 0 Å². The molecule has 2 nitrogen and oxygen atoms in total.